The third-order valence-electron chi connectivity index (χ3n) is 2.40. The molecule has 82 valence electrons. The number of halogens is 1. The van der Waals surface area contributed by atoms with Crippen LogP contribution in [0.5, 0.6) is 0 Å². The molecule has 0 heterocycles. The highest BCUT2D eigenvalue weighted by atomic mass is 79.9. The first-order valence-electron chi connectivity index (χ1n) is 5.10. The Labute approximate surface area is 98.4 Å². The zero-order valence-corrected chi connectivity index (χ0v) is 10.3. The van der Waals surface area contributed by atoms with Crippen LogP contribution in [0.2, 0.25) is 0 Å². The molecule has 1 aromatic carbocycles. The lowest BCUT2D eigenvalue weighted by Crippen LogP contribution is -2.06. The highest BCUT2D eigenvalue weighted by Gasteiger charge is 2.14. The molecule has 1 rings (SSSR count). The molecule has 3 heteroatoms. The van der Waals surface area contributed by atoms with Gasteiger partial charge in [0.05, 0.1) is 6.42 Å². The number of carbonyl (C=O) groups is 1. The van der Waals surface area contributed by atoms with Crippen LogP contribution in [-0.4, -0.2) is 11.1 Å². The van der Waals surface area contributed by atoms with Crippen molar-refractivity contribution >= 4 is 21.9 Å². The molecule has 0 aliphatic rings. The Morgan fingerprint density at radius 3 is 2.47 bits per heavy atom. The van der Waals surface area contributed by atoms with Crippen LogP contribution in [0.15, 0.2) is 28.7 Å². The van der Waals surface area contributed by atoms with Crippen molar-refractivity contribution < 1.29 is 9.90 Å². The van der Waals surface area contributed by atoms with E-state index in [0.717, 1.165) is 22.9 Å². The van der Waals surface area contributed by atoms with Gasteiger partial charge in [-0.25, -0.2) is 0 Å². The molecule has 2 nitrogen and oxygen atoms in total. The molecule has 15 heavy (non-hydrogen) atoms. The molecule has 1 aromatic rings. The van der Waals surface area contributed by atoms with E-state index in [1.807, 2.05) is 24.3 Å². The number of aliphatic carboxylic acids is 1. The molecule has 0 saturated carbocycles. The highest BCUT2D eigenvalue weighted by molar-refractivity contribution is 9.10. The fraction of sp³-hybridized carbons (Fsp3) is 0.417. The minimum atomic E-state index is -0.726. The lowest BCUT2D eigenvalue weighted by molar-refractivity contribution is -0.137. The molecule has 1 N–H and O–H groups in total. The monoisotopic (exact) mass is 270 g/mol. The van der Waals surface area contributed by atoms with Crippen LogP contribution in [0, 0.1) is 0 Å². The van der Waals surface area contributed by atoms with Gasteiger partial charge in [0.15, 0.2) is 0 Å². The topological polar surface area (TPSA) is 37.3 Å². The van der Waals surface area contributed by atoms with Crippen LogP contribution in [-0.2, 0) is 4.79 Å². The number of hydrogen-bond donors (Lipinski definition) is 1. The van der Waals surface area contributed by atoms with Crippen molar-refractivity contribution in [2.45, 2.75) is 32.1 Å². The zero-order valence-electron chi connectivity index (χ0n) is 8.74. The van der Waals surface area contributed by atoms with E-state index < -0.39 is 5.97 Å². The van der Waals surface area contributed by atoms with Gasteiger partial charge < -0.3 is 5.11 Å². The van der Waals surface area contributed by atoms with E-state index in [4.69, 9.17) is 5.11 Å². The number of carboxylic acid groups (broad SMARTS) is 1. The van der Waals surface area contributed by atoms with Gasteiger partial charge in [0, 0.05) is 4.47 Å². The maximum absolute atomic E-state index is 10.7. The maximum Gasteiger partial charge on any atom is 0.303 e. The molecule has 0 spiro atoms. The molecule has 1 atom stereocenters. The van der Waals surface area contributed by atoms with Crippen molar-refractivity contribution in [2.24, 2.45) is 0 Å². The molecule has 0 saturated heterocycles. The van der Waals surface area contributed by atoms with Crippen LogP contribution in [0.1, 0.15) is 37.7 Å². The minimum absolute atomic E-state index is 0.139. The van der Waals surface area contributed by atoms with Crippen LogP contribution >= 0.6 is 15.9 Å². The van der Waals surface area contributed by atoms with E-state index in [-0.39, 0.29) is 12.3 Å². The first-order valence-corrected chi connectivity index (χ1v) is 5.90. The molecular weight excluding hydrogens is 256 g/mol. The van der Waals surface area contributed by atoms with Gasteiger partial charge in [0.1, 0.15) is 0 Å². The summed E-state index contributed by atoms with van der Waals surface area (Å²) >= 11 is 3.37. The summed E-state index contributed by atoms with van der Waals surface area (Å²) in [4.78, 5) is 10.7. The SMILES string of the molecule is CCCC(CC(=O)O)c1ccc(Br)cc1. The summed E-state index contributed by atoms with van der Waals surface area (Å²) in [6, 6.07) is 7.90. The first kappa shape index (κ1) is 12.2. The molecule has 0 radical (unpaired) electrons. The highest BCUT2D eigenvalue weighted by Crippen LogP contribution is 2.26. The van der Waals surface area contributed by atoms with E-state index >= 15 is 0 Å². The largest absolute Gasteiger partial charge is 0.481 e. The lowest BCUT2D eigenvalue weighted by atomic mass is 9.92. The van der Waals surface area contributed by atoms with Gasteiger partial charge in [0.25, 0.3) is 0 Å². The van der Waals surface area contributed by atoms with E-state index in [9.17, 15) is 4.79 Å². The van der Waals surface area contributed by atoms with E-state index in [0.29, 0.717) is 0 Å². The van der Waals surface area contributed by atoms with Gasteiger partial charge >= 0.3 is 5.97 Å². The van der Waals surface area contributed by atoms with Crippen LogP contribution in [0.3, 0.4) is 0 Å². The number of carboxylic acids is 1. The van der Waals surface area contributed by atoms with Crippen molar-refractivity contribution in [2.75, 3.05) is 0 Å². The maximum atomic E-state index is 10.7. The van der Waals surface area contributed by atoms with Crippen molar-refractivity contribution in [3.63, 3.8) is 0 Å². The van der Waals surface area contributed by atoms with Gasteiger partial charge in [-0.05, 0) is 30.0 Å². The number of hydrogen-bond acceptors (Lipinski definition) is 1. The van der Waals surface area contributed by atoms with Crippen molar-refractivity contribution in [1.82, 2.24) is 0 Å². The van der Waals surface area contributed by atoms with Gasteiger partial charge in [-0.1, -0.05) is 41.4 Å². The summed E-state index contributed by atoms with van der Waals surface area (Å²) < 4.78 is 1.02. The summed E-state index contributed by atoms with van der Waals surface area (Å²) in [5.41, 5.74) is 1.11. The molecular formula is C12H15BrO2. The summed E-state index contributed by atoms with van der Waals surface area (Å²) in [5.74, 6) is -0.586. The zero-order chi connectivity index (χ0) is 11.3. The summed E-state index contributed by atoms with van der Waals surface area (Å²) in [7, 11) is 0. The molecule has 0 aromatic heterocycles. The predicted molar refractivity (Wildman–Crippen MR) is 64.0 cm³/mol. The first-order chi connectivity index (χ1) is 7.13. The third kappa shape index (κ3) is 4.04. The average Bonchev–Trinajstić information content (AvgIpc) is 2.17. The van der Waals surface area contributed by atoms with Crippen molar-refractivity contribution in [3.8, 4) is 0 Å². The molecule has 0 aliphatic heterocycles. The Hall–Kier alpha value is -0.830. The molecule has 0 bridgehead atoms. The Bertz CT molecular complexity index is 319. The lowest BCUT2D eigenvalue weighted by Gasteiger charge is -2.14. The standard InChI is InChI=1S/C12H15BrO2/c1-2-3-10(8-12(14)15)9-4-6-11(13)7-5-9/h4-7,10H,2-3,8H2,1H3,(H,14,15). The van der Waals surface area contributed by atoms with Gasteiger partial charge in [-0.15, -0.1) is 0 Å². The second-order valence-corrected chi connectivity index (χ2v) is 4.55. The smallest absolute Gasteiger partial charge is 0.303 e. The Kier molecular flexibility index (Phi) is 4.82. The van der Waals surface area contributed by atoms with Crippen LogP contribution < -0.4 is 0 Å². The fourth-order valence-corrected chi connectivity index (χ4v) is 1.95. The predicted octanol–water partition coefficient (Wildman–Crippen LogP) is 3.81. The second kappa shape index (κ2) is 5.91. The molecule has 0 fully saturated rings. The molecule has 1 unspecified atom stereocenters. The quantitative estimate of drug-likeness (QED) is 0.884. The Morgan fingerprint density at radius 2 is 2.00 bits per heavy atom. The van der Waals surface area contributed by atoms with Gasteiger partial charge in [-0.2, -0.15) is 0 Å². The van der Waals surface area contributed by atoms with E-state index in [1.165, 1.54) is 0 Å². The molecule has 0 amide bonds. The summed E-state index contributed by atoms with van der Waals surface area (Å²) in [6.45, 7) is 2.08. The van der Waals surface area contributed by atoms with E-state index in [2.05, 4.69) is 22.9 Å². The van der Waals surface area contributed by atoms with Crippen LogP contribution in [0.25, 0.3) is 0 Å². The fourth-order valence-electron chi connectivity index (χ4n) is 1.68. The van der Waals surface area contributed by atoms with Gasteiger partial charge in [-0.3, -0.25) is 4.79 Å². The third-order valence-corrected chi connectivity index (χ3v) is 2.93. The minimum Gasteiger partial charge on any atom is -0.481 e. The van der Waals surface area contributed by atoms with E-state index in [1.54, 1.807) is 0 Å². The van der Waals surface area contributed by atoms with Crippen LogP contribution in [0.4, 0.5) is 0 Å². The summed E-state index contributed by atoms with van der Waals surface area (Å²) in [6.07, 6.45) is 2.15. The van der Waals surface area contributed by atoms with Crippen molar-refractivity contribution in [1.29, 1.82) is 0 Å². The molecule has 0 aliphatic carbocycles. The second-order valence-electron chi connectivity index (χ2n) is 3.64. The average molecular weight is 271 g/mol. The Morgan fingerprint density at radius 1 is 1.40 bits per heavy atom. The summed E-state index contributed by atoms with van der Waals surface area (Å²) in [5, 5.41) is 8.82. The number of rotatable bonds is 5. The van der Waals surface area contributed by atoms with Gasteiger partial charge in [0.2, 0.25) is 0 Å². The Balaban J connectivity index is 2.78. The number of benzene rings is 1. The van der Waals surface area contributed by atoms with Crippen molar-refractivity contribution in [3.05, 3.63) is 34.3 Å². The normalized spacial score (nSPS) is 12.4.